The summed E-state index contributed by atoms with van der Waals surface area (Å²) in [5.74, 6) is 0.370. The van der Waals surface area contributed by atoms with Crippen LogP contribution < -0.4 is 5.32 Å². The molecule has 0 spiro atoms. The van der Waals surface area contributed by atoms with Crippen LogP contribution in [0, 0.1) is 23.5 Å². The van der Waals surface area contributed by atoms with Gasteiger partial charge in [-0.2, -0.15) is 0 Å². The van der Waals surface area contributed by atoms with Crippen molar-refractivity contribution < 1.29 is 8.78 Å². The predicted octanol–water partition coefficient (Wildman–Crippen LogP) is 4.66. The summed E-state index contributed by atoms with van der Waals surface area (Å²) in [4.78, 5) is 0. The van der Waals surface area contributed by atoms with Gasteiger partial charge in [0.1, 0.15) is 11.6 Å². The molecule has 1 nitrogen and oxygen atoms in total. The molecular weight excluding hydrogens is 268 g/mol. The molecule has 3 heteroatoms. The van der Waals surface area contributed by atoms with E-state index in [2.05, 4.69) is 26.1 Å². The van der Waals surface area contributed by atoms with Gasteiger partial charge in [-0.15, -0.1) is 0 Å². The van der Waals surface area contributed by atoms with Gasteiger partial charge in [-0.05, 0) is 42.9 Å². The van der Waals surface area contributed by atoms with Crippen molar-refractivity contribution in [2.45, 2.75) is 51.9 Å². The van der Waals surface area contributed by atoms with E-state index >= 15 is 0 Å². The summed E-state index contributed by atoms with van der Waals surface area (Å²) >= 11 is 0. The van der Waals surface area contributed by atoms with Gasteiger partial charge in [0.15, 0.2) is 0 Å². The minimum absolute atomic E-state index is 0.146. The first kappa shape index (κ1) is 16.4. The molecule has 0 saturated heterocycles. The molecule has 0 heterocycles. The maximum Gasteiger partial charge on any atom is 0.129 e. The van der Waals surface area contributed by atoms with Gasteiger partial charge in [-0.25, -0.2) is 8.78 Å². The molecule has 0 aliphatic heterocycles. The van der Waals surface area contributed by atoms with Crippen molar-refractivity contribution in [1.29, 1.82) is 0 Å². The molecule has 1 N–H and O–H groups in total. The highest BCUT2D eigenvalue weighted by molar-refractivity contribution is 5.31. The average Bonchev–Trinajstić information content (AvgIpc) is 2.35. The van der Waals surface area contributed by atoms with E-state index in [9.17, 15) is 8.78 Å². The molecule has 0 bridgehead atoms. The van der Waals surface area contributed by atoms with E-state index in [0.717, 1.165) is 32.0 Å². The summed E-state index contributed by atoms with van der Waals surface area (Å²) in [7, 11) is 0. The Morgan fingerprint density at radius 2 is 2.00 bits per heavy atom. The van der Waals surface area contributed by atoms with Gasteiger partial charge >= 0.3 is 0 Å². The Morgan fingerprint density at radius 3 is 2.57 bits per heavy atom. The summed E-state index contributed by atoms with van der Waals surface area (Å²) in [6.07, 6.45) is 4.39. The second kappa shape index (κ2) is 6.87. The van der Waals surface area contributed by atoms with Crippen LogP contribution in [0.1, 0.15) is 52.0 Å². The van der Waals surface area contributed by atoms with Crippen LogP contribution in [0.2, 0.25) is 0 Å². The Morgan fingerprint density at radius 1 is 1.29 bits per heavy atom. The Bertz CT molecular complexity index is 464. The summed E-state index contributed by atoms with van der Waals surface area (Å²) in [5.41, 5.74) is 0.541. The Labute approximate surface area is 127 Å². The summed E-state index contributed by atoms with van der Waals surface area (Å²) < 4.78 is 27.4. The lowest BCUT2D eigenvalue weighted by Gasteiger charge is -2.49. The zero-order chi connectivity index (χ0) is 15.5. The molecule has 1 saturated carbocycles. The fourth-order valence-electron chi connectivity index (χ4n) is 3.64. The highest BCUT2D eigenvalue weighted by Gasteiger charge is 2.45. The topological polar surface area (TPSA) is 12.0 Å². The van der Waals surface area contributed by atoms with Gasteiger partial charge in [-0.1, -0.05) is 39.7 Å². The zero-order valence-electron chi connectivity index (χ0n) is 13.4. The van der Waals surface area contributed by atoms with Crippen LogP contribution in [0.15, 0.2) is 18.2 Å². The highest BCUT2D eigenvalue weighted by atomic mass is 19.1. The van der Waals surface area contributed by atoms with E-state index in [-0.39, 0.29) is 5.41 Å². The first-order chi connectivity index (χ1) is 9.97. The Hall–Kier alpha value is -0.960. The van der Waals surface area contributed by atoms with E-state index in [1.165, 1.54) is 18.9 Å². The van der Waals surface area contributed by atoms with Crippen molar-refractivity contribution in [2.75, 3.05) is 13.1 Å². The number of nitrogens with one attached hydrogen (secondary N) is 1. The summed E-state index contributed by atoms with van der Waals surface area (Å²) in [6.45, 7) is 8.24. The highest BCUT2D eigenvalue weighted by Crippen LogP contribution is 2.50. The van der Waals surface area contributed by atoms with Crippen LogP contribution in [-0.4, -0.2) is 13.1 Å². The number of benzene rings is 1. The normalized spacial score (nSPS) is 25.1. The summed E-state index contributed by atoms with van der Waals surface area (Å²) in [6, 6.07) is 4.05. The molecule has 1 aromatic carbocycles. The van der Waals surface area contributed by atoms with Crippen molar-refractivity contribution in [3.05, 3.63) is 35.4 Å². The number of rotatable bonds is 7. The van der Waals surface area contributed by atoms with E-state index in [1.807, 2.05) is 0 Å². The molecule has 0 unspecified atom stereocenters. The molecule has 0 amide bonds. The van der Waals surface area contributed by atoms with Crippen molar-refractivity contribution in [3.8, 4) is 0 Å². The lowest BCUT2D eigenvalue weighted by atomic mass is 9.57. The molecule has 21 heavy (non-hydrogen) atoms. The van der Waals surface area contributed by atoms with Crippen molar-refractivity contribution in [3.63, 3.8) is 0 Å². The first-order valence-corrected chi connectivity index (χ1v) is 8.13. The minimum Gasteiger partial charge on any atom is -0.316 e. The molecule has 0 radical (unpaired) electrons. The van der Waals surface area contributed by atoms with Gasteiger partial charge in [0.2, 0.25) is 0 Å². The minimum atomic E-state index is -0.494. The third kappa shape index (κ3) is 3.82. The van der Waals surface area contributed by atoms with E-state index in [4.69, 9.17) is 0 Å². The molecular formula is C18H27F2N. The van der Waals surface area contributed by atoms with E-state index < -0.39 is 11.6 Å². The second-order valence-electron chi connectivity index (χ2n) is 6.99. The van der Waals surface area contributed by atoms with Gasteiger partial charge in [0.05, 0.1) is 0 Å². The molecule has 0 aromatic heterocycles. The fraction of sp³-hybridized carbons (Fsp3) is 0.667. The van der Waals surface area contributed by atoms with Gasteiger partial charge in [0, 0.05) is 18.0 Å². The Kier molecular flexibility index (Phi) is 5.37. The van der Waals surface area contributed by atoms with Crippen LogP contribution in [0.4, 0.5) is 8.78 Å². The van der Waals surface area contributed by atoms with Crippen molar-refractivity contribution in [2.24, 2.45) is 11.8 Å². The second-order valence-corrected chi connectivity index (χ2v) is 6.99. The lowest BCUT2D eigenvalue weighted by Crippen LogP contribution is -2.49. The quantitative estimate of drug-likeness (QED) is 0.771. The SMILES string of the molecule is CCCC1CC(CNCC(C)C)(c2ccc(F)cc2F)C1. The first-order valence-electron chi connectivity index (χ1n) is 8.13. The van der Waals surface area contributed by atoms with Crippen LogP contribution in [0.3, 0.4) is 0 Å². The predicted molar refractivity (Wildman–Crippen MR) is 83.4 cm³/mol. The maximum atomic E-state index is 14.2. The average molecular weight is 295 g/mol. The van der Waals surface area contributed by atoms with Crippen molar-refractivity contribution >= 4 is 0 Å². The summed E-state index contributed by atoms with van der Waals surface area (Å²) in [5, 5.41) is 3.47. The maximum absolute atomic E-state index is 14.2. The largest absolute Gasteiger partial charge is 0.316 e. The fourth-order valence-corrected chi connectivity index (χ4v) is 3.64. The molecule has 1 aromatic rings. The number of halogens is 2. The van der Waals surface area contributed by atoms with Crippen LogP contribution in [-0.2, 0) is 5.41 Å². The third-order valence-corrected chi connectivity index (χ3v) is 4.57. The Balaban J connectivity index is 2.13. The third-order valence-electron chi connectivity index (χ3n) is 4.57. The molecule has 1 aliphatic rings. The van der Waals surface area contributed by atoms with Crippen LogP contribution >= 0.6 is 0 Å². The van der Waals surface area contributed by atoms with Gasteiger partial charge in [-0.3, -0.25) is 0 Å². The zero-order valence-corrected chi connectivity index (χ0v) is 13.4. The molecule has 118 valence electrons. The number of hydrogen-bond acceptors (Lipinski definition) is 1. The van der Waals surface area contributed by atoms with Gasteiger partial charge < -0.3 is 5.32 Å². The molecule has 1 fully saturated rings. The molecule has 2 rings (SSSR count). The molecule has 1 aliphatic carbocycles. The monoisotopic (exact) mass is 295 g/mol. The van der Waals surface area contributed by atoms with Gasteiger partial charge in [0.25, 0.3) is 0 Å². The lowest BCUT2D eigenvalue weighted by molar-refractivity contribution is 0.123. The van der Waals surface area contributed by atoms with Crippen molar-refractivity contribution in [1.82, 2.24) is 5.32 Å². The van der Waals surface area contributed by atoms with Crippen LogP contribution in [0.25, 0.3) is 0 Å². The standard InChI is InChI=1S/C18H27F2N/c1-4-5-14-9-18(10-14,12-21-11-13(2)3)16-7-6-15(19)8-17(16)20/h6-8,13-14,21H,4-5,9-12H2,1-3H3. The number of hydrogen-bond donors (Lipinski definition) is 1. The van der Waals surface area contributed by atoms with E-state index in [0.29, 0.717) is 17.4 Å². The smallest absolute Gasteiger partial charge is 0.129 e. The van der Waals surface area contributed by atoms with Crippen LogP contribution in [0.5, 0.6) is 0 Å². The molecule has 0 atom stereocenters. The van der Waals surface area contributed by atoms with E-state index in [1.54, 1.807) is 6.07 Å².